The number of aromatic nitrogens is 1. The predicted octanol–water partition coefficient (Wildman–Crippen LogP) is 5.36. The molecule has 0 fully saturated rings. The molecule has 0 spiro atoms. The van der Waals surface area contributed by atoms with Gasteiger partial charge in [0.05, 0.1) is 14.2 Å². The van der Waals surface area contributed by atoms with Crippen molar-refractivity contribution in [3.63, 3.8) is 0 Å². The van der Waals surface area contributed by atoms with Crippen LogP contribution >= 0.6 is 11.3 Å². The van der Waals surface area contributed by atoms with Crippen LogP contribution in [0, 0.1) is 0 Å². The molecule has 0 aliphatic heterocycles. The minimum atomic E-state index is -1.15. The van der Waals surface area contributed by atoms with E-state index in [1.165, 1.54) is 11.3 Å². The van der Waals surface area contributed by atoms with E-state index in [0.29, 0.717) is 22.0 Å². The molecule has 3 aromatic carbocycles. The number of anilines is 1. The van der Waals surface area contributed by atoms with Crippen molar-refractivity contribution in [2.75, 3.05) is 19.5 Å². The van der Waals surface area contributed by atoms with Crippen LogP contribution in [0.15, 0.2) is 84.2 Å². The Bertz CT molecular complexity index is 1250. The Labute approximate surface area is 201 Å². The van der Waals surface area contributed by atoms with Gasteiger partial charge in [0, 0.05) is 22.2 Å². The lowest BCUT2D eigenvalue weighted by Gasteiger charge is -2.17. The standard InChI is InChI=1S/C26H22N2O5S/c1-31-20-12-8-18(9-13-20)25-28-22(16-34-25)26(30)33-23(17-6-4-3-5-7-17)24(29)27-19-10-14-21(32-2)15-11-19/h3-16,23H,1-2H3,(H,27,29). The van der Waals surface area contributed by atoms with Gasteiger partial charge in [0.25, 0.3) is 5.91 Å². The van der Waals surface area contributed by atoms with Crippen LogP contribution in [0.5, 0.6) is 11.5 Å². The maximum atomic E-state index is 13.1. The van der Waals surface area contributed by atoms with Crippen LogP contribution in [0.25, 0.3) is 10.6 Å². The fourth-order valence-electron chi connectivity index (χ4n) is 3.18. The van der Waals surface area contributed by atoms with E-state index in [2.05, 4.69) is 10.3 Å². The van der Waals surface area contributed by atoms with Crippen molar-refractivity contribution in [2.45, 2.75) is 6.10 Å². The van der Waals surface area contributed by atoms with Crippen LogP contribution in [0.4, 0.5) is 5.69 Å². The Balaban J connectivity index is 1.52. The number of hydrogen-bond acceptors (Lipinski definition) is 7. The topological polar surface area (TPSA) is 86.8 Å². The highest BCUT2D eigenvalue weighted by Crippen LogP contribution is 2.28. The number of amides is 1. The molecule has 1 heterocycles. The van der Waals surface area contributed by atoms with Crippen molar-refractivity contribution in [1.29, 1.82) is 0 Å². The van der Waals surface area contributed by atoms with Crippen LogP contribution in [0.2, 0.25) is 0 Å². The smallest absolute Gasteiger partial charge is 0.358 e. The number of carbonyl (C=O) groups is 2. The summed E-state index contributed by atoms with van der Waals surface area (Å²) in [4.78, 5) is 30.4. The average Bonchev–Trinajstić information content (AvgIpc) is 3.39. The average molecular weight is 475 g/mol. The minimum absolute atomic E-state index is 0.133. The Morgan fingerprint density at radius 1 is 0.853 bits per heavy atom. The predicted molar refractivity (Wildman–Crippen MR) is 130 cm³/mol. The van der Waals surface area contributed by atoms with Crippen molar-refractivity contribution in [1.82, 2.24) is 4.98 Å². The van der Waals surface area contributed by atoms with Crippen molar-refractivity contribution >= 4 is 28.9 Å². The lowest BCUT2D eigenvalue weighted by Crippen LogP contribution is -2.26. The number of nitrogens with zero attached hydrogens (tertiary/aromatic N) is 1. The quantitative estimate of drug-likeness (QED) is 0.346. The number of methoxy groups -OCH3 is 2. The molecule has 0 aliphatic rings. The Hall–Kier alpha value is -4.17. The van der Waals surface area contributed by atoms with E-state index in [4.69, 9.17) is 14.2 Å². The summed E-state index contributed by atoms with van der Waals surface area (Å²) < 4.78 is 16.0. The van der Waals surface area contributed by atoms with Gasteiger partial charge in [-0.25, -0.2) is 9.78 Å². The highest BCUT2D eigenvalue weighted by atomic mass is 32.1. The van der Waals surface area contributed by atoms with Gasteiger partial charge in [-0.2, -0.15) is 0 Å². The summed E-state index contributed by atoms with van der Waals surface area (Å²) in [5.41, 5.74) is 2.08. The Morgan fingerprint density at radius 2 is 1.47 bits per heavy atom. The summed E-state index contributed by atoms with van der Waals surface area (Å²) in [6, 6.07) is 23.1. The monoisotopic (exact) mass is 474 g/mol. The third kappa shape index (κ3) is 5.41. The zero-order chi connectivity index (χ0) is 23.9. The van der Waals surface area contributed by atoms with Crippen molar-refractivity contribution in [3.8, 4) is 22.1 Å². The molecule has 1 amide bonds. The molecular weight excluding hydrogens is 452 g/mol. The molecule has 1 atom stereocenters. The van der Waals surface area contributed by atoms with Gasteiger partial charge in [-0.15, -0.1) is 11.3 Å². The van der Waals surface area contributed by atoms with Crippen LogP contribution in [0.3, 0.4) is 0 Å². The zero-order valence-corrected chi connectivity index (χ0v) is 19.4. The van der Waals surface area contributed by atoms with Gasteiger partial charge in [-0.1, -0.05) is 30.3 Å². The van der Waals surface area contributed by atoms with Gasteiger partial charge in [-0.05, 0) is 48.5 Å². The largest absolute Gasteiger partial charge is 0.497 e. The van der Waals surface area contributed by atoms with Gasteiger partial charge >= 0.3 is 5.97 Å². The molecule has 4 aromatic rings. The first-order valence-electron chi connectivity index (χ1n) is 10.4. The molecule has 7 nitrogen and oxygen atoms in total. The fourth-order valence-corrected chi connectivity index (χ4v) is 3.98. The molecule has 0 radical (unpaired) electrons. The summed E-state index contributed by atoms with van der Waals surface area (Å²) in [6.45, 7) is 0. The van der Waals surface area contributed by atoms with E-state index >= 15 is 0 Å². The van der Waals surface area contributed by atoms with E-state index in [0.717, 1.165) is 11.3 Å². The van der Waals surface area contributed by atoms with Crippen LogP contribution < -0.4 is 14.8 Å². The van der Waals surface area contributed by atoms with Gasteiger partial charge in [0.2, 0.25) is 6.10 Å². The molecule has 1 unspecified atom stereocenters. The van der Waals surface area contributed by atoms with E-state index < -0.39 is 18.0 Å². The number of rotatable bonds is 8. The number of ether oxygens (including phenoxy) is 3. The second-order valence-electron chi connectivity index (χ2n) is 7.18. The number of nitrogens with one attached hydrogen (secondary N) is 1. The number of thiazole rings is 1. The van der Waals surface area contributed by atoms with Gasteiger partial charge in [-0.3, -0.25) is 4.79 Å². The molecule has 8 heteroatoms. The third-order valence-electron chi connectivity index (χ3n) is 4.97. The molecule has 0 saturated carbocycles. The molecule has 1 N–H and O–H groups in total. The van der Waals surface area contributed by atoms with Crippen LogP contribution in [0.1, 0.15) is 22.2 Å². The number of esters is 1. The number of carbonyl (C=O) groups excluding carboxylic acids is 2. The molecule has 172 valence electrons. The van der Waals surface area contributed by atoms with E-state index in [1.54, 1.807) is 68.1 Å². The first kappa shape index (κ1) is 23.0. The summed E-state index contributed by atoms with van der Waals surface area (Å²) in [5.74, 6) is 0.235. The third-order valence-corrected chi connectivity index (χ3v) is 5.86. The van der Waals surface area contributed by atoms with E-state index in [1.807, 2.05) is 30.3 Å². The first-order chi connectivity index (χ1) is 16.6. The molecule has 0 bridgehead atoms. The van der Waals surface area contributed by atoms with Gasteiger partial charge < -0.3 is 19.5 Å². The first-order valence-corrected chi connectivity index (χ1v) is 11.3. The SMILES string of the molecule is COc1ccc(NC(=O)C(OC(=O)c2csc(-c3ccc(OC)cc3)n2)c2ccccc2)cc1. The highest BCUT2D eigenvalue weighted by molar-refractivity contribution is 7.13. The molecule has 34 heavy (non-hydrogen) atoms. The number of hydrogen-bond donors (Lipinski definition) is 1. The lowest BCUT2D eigenvalue weighted by atomic mass is 10.1. The van der Waals surface area contributed by atoms with E-state index in [9.17, 15) is 9.59 Å². The number of benzene rings is 3. The van der Waals surface area contributed by atoms with Gasteiger partial charge in [0.15, 0.2) is 5.69 Å². The second kappa shape index (κ2) is 10.6. The molecular formula is C26H22N2O5S. The molecule has 4 rings (SSSR count). The zero-order valence-electron chi connectivity index (χ0n) is 18.6. The van der Waals surface area contributed by atoms with Crippen molar-refractivity contribution in [3.05, 3.63) is 95.5 Å². The summed E-state index contributed by atoms with van der Waals surface area (Å²) >= 11 is 1.32. The van der Waals surface area contributed by atoms with Crippen LogP contribution in [-0.2, 0) is 9.53 Å². The van der Waals surface area contributed by atoms with Crippen LogP contribution in [-0.4, -0.2) is 31.1 Å². The van der Waals surface area contributed by atoms with Crippen molar-refractivity contribution < 1.29 is 23.8 Å². The van der Waals surface area contributed by atoms with Crippen molar-refractivity contribution in [2.24, 2.45) is 0 Å². The maximum absolute atomic E-state index is 13.1. The maximum Gasteiger partial charge on any atom is 0.358 e. The van der Waals surface area contributed by atoms with E-state index in [-0.39, 0.29) is 5.69 Å². The summed E-state index contributed by atoms with van der Waals surface area (Å²) in [7, 11) is 3.16. The Kier molecular flexibility index (Phi) is 7.19. The summed E-state index contributed by atoms with van der Waals surface area (Å²) in [5, 5.41) is 5.07. The Morgan fingerprint density at radius 3 is 2.09 bits per heavy atom. The normalized spacial score (nSPS) is 11.4. The fraction of sp³-hybridized carbons (Fsp3) is 0.115. The highest BCUT2D eigenvalue weighted by Gasteiger charge is 2.27. The van der Waals surface area contributed by atoms with Gasteiger partial charge in [0.1, 0.15) is 16.5 Å². The molecule has 0 aliphatic carbocycles. The molecule has 0 saturated heterocycles. The summed E-state index contributed by atoms with van der Waals surface area (Å²) in [6.07, 6.45) is -1.15. The second-order valence-corrected chi connectivity index (χ2v) is 8.04. The lowest BCUT2D eigenvalue weighted by molar-refractivity contribution is -0.125. The minimum Gasteiger partial charge on any atom is -0.497 e. The molecule has 1 aromatic heterocycles.